The first kappa shape index (κ1) is 13.8. The van der Waals surface area contributed by atoms with Gasteiger partial charge in [0.1, 0.15) is 0 Å². The standard InChI is InChI=1S/C11H18N2OS2/c1-3-4-12-11(14)9(2)13-7-10-8-15-5-6-16-10/h1,9-10,13H,4-8H2,2H3,(H,12,14). The van der Waals surface area contributed by atoms with E-state index in [0.717, 1.165) is 6.54 Å². The van der Waals surface area contributed by atoms with Gasteiger partial charge >= 0.3 is 0 Å². The molecule has 1 heterocycles. The largest absolute Gasteiger partial charge is 0.344 e. The molecule has 0 saturated carbocycles. The minimum Gasteiger partial charge on any atom is -0.344 e. The first-order valence-electron chi connectivity index (χ1n) is 5.38. The number of carbonyl (C=O) groups excluding carboxylic acids is 1. The van der Waals surface area contributed by atoms with Gasteiger partial charge in [-0.1, -0.05) is 5.92 Å². The molecule has 16 heavy (non-hydrogen) atoms. The molecule has 0 aromatic heterocycles. The summed E-state index contributed by atoms with van der Waals surface area (Å²) in [5.41, 5.74) is 0. The Kier molecular flexibility index (Phi) is 6.78. The van der Waals surface area contributed by atoms with Crippen molar-refractivity contribution in [1.29, 1.82) is 0 Å². The molecule has 1 amide bonds. The monoisotopic (exact) mass is 258 g/mol. The highest BCUT2D eigenvalue weighted by atomic mass is 32.2. The van der Waals surface area contributed by atoms with Crippen molar-refractivity contribution in [3.05, 3.63) is 0 Å². The topological polar surface area (TPSA) is 41.1 Å². The van der Waals surface area contributed by atoms with Gasteiger partial charge in [-0.15, -0.1) is 6.42 Å². The Labute approximate surface area is 106 Å². The molecular formula is C11H18N2OS2. The average molecular weight is 258 g/mol. The molecule has 1 aliphatic heterocycles. The van der Waals surface area contributed by atoms with Gasteiger partial charge in [-0.05, 0) is 6.92 Å². The number of carbonyl (C=O) groups is 1. The molecule has 0 aromatic carbocycles. The highest BCUT2D eigenvalue weighted by Crippen LogP contribution is 2.23. The first-order valence-corrected chi connectivity index (χ1v) is 7.58. The smallest absolute Gasteiger partial charge is 0.237 e. The molecule has 2 unspecified atom stereocenters. The Hall–Kier alpha value is -0.310. The summed E-state index contributed by atoms with van der Waals surface area (Å²) in [7, 11) is 0. The van der Waals surface area contributed by atoms with E-state index in [2.05, 4.69) is 16.6 Å². The predicted octanol–water partition coefficient (Wildman–Crippen LogP) is 0.562. The molecule has 1 aliphatic rings. The molecule has 1 saturated heterocycles. The summed E-state index contributed by atoms with van der Waals surface area (Å²) < 4.78 is 0. The van der Waals surface area contributed by atoms with Crippen LogP contribution in [0.2, 0.25) is 0 Å². The van der Waals surface area contributed by atoms with Crippen molar-refractivity contribution in [2.75, 3.05) is 30.3 Å². The molecule has 2 N–H and O–H groups in total. The van der Waals surface area contributed by atoms with E-state index < -0.39 is 0 Å². The number of amides is 1. The molecule has 0 aromatic rings. The van der Waals surface area contributed by atoms with Gasteiger partial charge in [0.15, 0.2) is 0 Å². The molecule has 0 radical (unpaired) electrons. The summed E-state index contributed by atoms with van der Waals surface area (Å²) in [6, 6.07) is -0.166. The second kappa shape index (κ2) is 7.88. The van der Waals surface area contributed by atoms with Crippen LogP contribution in [-0.4, -0.2) is 47.5 Å². The Morgan fingerprint density at radius 1 is 1.62 bits per heavy atom. The SMILES string of the molecule is C#CCNC(=O)C(C)NCC1CSCCS1. The van der Waals surface area contributed by atoms with E-state index >= 15 is 0 Å². The number of thioether (sulfide) groups is 2. The summed E-state index contributed by atoms with van der Waals surface area (Å²) >= 11 is 3.98. The van der Waals surface area contributed by atoms with E-state index in [1.807, 2.05) is 30.4 Å². The maximum absolute atomic E-state index is 11.5. The summed E-state index contributed by atoms with van der Waals surface area (Å²) in [4.78, 5) is 11.5. The molecule has 3 nitrogen and oxygen atoms in total. The van der Waals surface area contributed by atoms with Crippen molar-refractivity contribution in [2.24, 2.45) is 0 Å². The van der Waals surface area contributed by atoms with E-state index in [-0.39, 0.29) is 11.9 Å². The molecule has 90 valence electrons. The van der Waals surface area contributed by atoms with Gasteiger partial charge in [-0.25, -0.2) is 0 Å². The zero-order valence-electron chi connectivity index (χ0n) is 9.49. The zero-order valence-corrected chi connectivity index (χ0v) is 11.1. The fourth-order valence-electron chi connectivity index (χ4n) is 1.35. The van der Waals surface area contributed by atoms with Gasteiger partial charge in [0, 0.05) is 29.1 Å². The highest BCUT2D eigenvalue weighted by Gasteiger charge is 2.17. The minimum atomic E-state index is -0.166. The van der Waals surface area contributed by atoms with Crippen LogP contribution in [-0.2, 0) is 4.79 Å². The van der Waals surface area contributed by atoms with Gasteiger partial charge < -0.3 is 10.6 Å². The fourth-order valence-corrected chi connectivity index (χ4v) is 3.97. The molecular weight excluding hydrogens is 240 g/mol. The Bertz CT molecular complexity index is 259. The fraction of sp³-hybridized carbons (Fsp3) is 0.727. The van der Waals surface area contributed by atoms with Crippen molar-refractivity contribution in [1.82, 2.24) is 10.6 Å². The molecule has 1 fully saturated rings. The lowest BCUT2D eigenvalue weighted by atomic mass is 10.3. The van der Waals surface area contributed by atoms with Crippen LogP contribution >= 0.6 is 23.5 Å². The van der Waals surface area contributed by atoms with E-state index in [0.29, 0.717) is 11.8 Å². The Morgan fingerprint density at radius 2 is 2.44 bits per heavy atom. The third-order valence-corrected chi connectivity index (χ3v) is 5.14. The zero-order chi connectivity index (χ0) is 11.8. The maximum atomic E-state index is 11.5. The predicted molar refractivity (Wildman–Crippen MR) is 72.9 cm³/mol. The van der Waals surface area contributed by atoms with Crippen LogP contribution in [0.5, 0.6) is 0 Å². The average Bonchev–Trinajstić information content (AvgIpc) is 2.34. The van der Waals surface area contributed by atoms with Crippen LogP contribution in [0.4, 0.5) is 0 Å². The quantitative estimate of drug-likeness (QED) is 0.707. The van der Waals surface area contributed by atoms with E-state index in [9.17, 15) is 4.79 Å². The first-order chi connectivity index (χ1) is 7.74. The maximum Gasteiger partial charge on any atom is 0.237 e. The summed E-state index contributed by atoms with van der Waals surface area (Å²) in [6.45, 7) is 3.06. The van der Waals surface area contributed by atoms with Gasteiger partial charge in [-0.2, -0.15) is 23.5 Å². The summed E-state index contributed by atoms with van der Waals surface area (Å²) in [5, 5.41) is 6.54. The van der Waals surface area contributed by atoms with Gasteiger partial charge in [0.25, 0.3) is 0 Å². The van der Waals surface area contributed by atoms with Crippen LogP contribution < -0.4 is 10.6 Å². The van der Waals surface area contributed by atoms with E-state index in [4.69, 9.17) is 6.42 Å². The minimum absolute atomic E-state index is 0.0218. The number of rotatable bonds is 5. The van der Waals surface area contributed by atoms with Crippen LogP contribution in [0.3, 0.4) is 0 Å². The molecule has 0 spiro atoms. The lowest BCUT2D eigenvalue weighted by molar-refractivity contribution is -0.122. The lowest BCUT2D eigenvalue weighted by Crippen LogP contribution is -2.45. The van der Waals surface area contributed by atoms with Crippen molar-refractivity contribution >= 4 is 29.4 Å². The Morgan fingerprint density at radius 3 is 3.06 bits per heavy atom. The van der Waals surface area contributed by atoms with Crippen molar-refractivity contribution < 1.29 is 4.79 Å². The van der Waals surface area contributed by atoms with Gasteiger partial charge in [0.05, 0.1) is 12.6 Å². The summed E-state index contributed by atoms with van der Waals surface area (Å²) in [6.07, 6.45) is 5.08. The van der Waals surface area contributed by atoms with Crippen LogP contribution in [0.15, 0.2) is 0 Å². The molecule has 2 atom stereocenters. The number of terminal acetylenes is 1. The van der Waals surface area contributed by atoms with Gasteiger partial charge in [-0.3, -0.25) is 4.79 Å². The number of nitrogens with one attached hydrogen (secondary N) is 2. The second-order valence-corrected chi connectivity index (χ2v) is 6.18. The molecule has 0 aliphatic carbocycles. The normalized spacial score (nSPS) is 22.1. The van der Waals surface area contributed by atoms with Crippen LogP contribution in [0.1, 0.15) is 6.92 Å². The number of hydrogen-bond acceptors (Lipinski definition) is 4. The van der Waals surface area contributed by atoms with E-state index in [1.165, 1.54) is 17.3 Å². The highest BCUT2D eigenvalue weighted by molar-refractivity contribution is 8.06. The van der Waals surface area contributed by atoms with Crippen molar-refractivity contribution in [3.8, 4) is 12.3 Å². The summed E-state index contributed by atoms with van der Waals surface area (Å²) in [5.74, 6) is 6.01. The van der Waals surface area contributed by atoms with Crippen LogP contribution in [0.25, 0.3) is 0 Å². The van der Waals surface area contributed by atoms with E-state index in [1.54, 1.807) is 0 Å². The van der Waals surface area contributed by atoms with Crippen LogP contribution in [0, 0.1) is 12.3 Å². The second-order valence-electron chi connectivity index (χ2n) is 3.62. The Balaban J connectivity index is 2.15. The molecule has 1 rings (SSSR count). The molecule has 0 bridgehead atoms. The van der Waals surface area contributed by atoms with Gasteiger partial charge in [0.2, 0.25) is 5.91 Å². The third kappa shape index (κ3) is 5.15. The molecule has 5 heteroatoms. The number of hydrogen-bond donors (Lipinski definition) is 2. The van der Waals surface area contributed by atoms with Crippen molar-refractivity contribution in [2.45, 2.75) is 18.2 Å². The lowest BCUT2D eigenvalue weighted by Gasteiger charge is -2.23. The van der Waals surface area contributed by atoms with Crippen molar-refractivity contribution in [3.63, 3.8) is 0 Å². The third-order valence-electron chi connectivity index (χ3n) is 2.29.